The predicted molar refractivity (Wildman–Crippen MR) is 80.4 cm³/mol. The Morgan fingerprint density at radius 3 is 3.00 bits per heavy atom. The van der Waals surface area contributed by atoms with Crippen molar-refractivity contribution in [2.24, 2.45) is 0 Å². The molecular formula is C10H18N4O2S3. The number of anilines is 1. The van der Waals surface area contributed by atoms with Gasteiger partial charge >= 0.3 is 0 Å². The fraction of sp³-hybridized carbons (Fsp3) is 0.800. The molecule has 0 spiro atoms. The lowest BCUT2D eigenvalue weighted by Crippen LogP contribution is -2.47. The number of aromatic nitrogens is 2. The van der Waals surface area contributed by atoms with Crippen LogP contribution in [0.3, 0.4) is 0 Å². The number of hydrogen-bond acceptors (Lipinski definition) is 8. The monoisotopic (exact) mass is 322 g/mol. The molecule has 1 atom stereocenters. The minimum absolute atomic E-state index is 0.183. The van der Waals surface area contributed by atoms with Gasteiger partial charge in [-0.05, 0) is 0 Å². The summed E-state index contributed by atoms with van der Waals surface area (Å²) in [6.45, 7) is 3.02. The lowest BCUT2D eigenvalue weighted by Gasteiger charge is -2.34. The first-order valence-electron chi connectivity index (χ1n) is 6.10. The summed E-state index contributed by atoms with van der Waals surface area (Å²) in [4.78, 5) is 2.01. The second-order valence-electron chi connectivity index (χ2n) is 4.25. The molecule has 0 radical (unpaired) electrons. The Morgan fingerprint density at radius 2 is 2.32 bits per heavy atom. The van der Waals surface area contributed by atoms with E-state index in [-0.39, 0.29) is 5.75 Å². The molecule has 1 saturated heterocycles. The van der Waals surface area contributed by atoms with Crippen LogP contribution in [0.1, 0.15) is 12.6 Å². The second-order valence-corrected chi connectivity index (χ2v) is 8.60. The van der Waals surface area contributed by atoms with E-state index in [0.717, 1.165) is 23.0 Å². The maximum Gasteiger partial charge on any atom is 0.166 e. The van der Waals surface area contributed by atoms with Crippen molar-refractivity contribution >= 4 is 38.1 Å². The third-order valence-corrected chi connectivity index (χ3v) is 7.26. The minimum Gasteiger partial charge on any atom is -0.377 e. The largest absolute Gasteiger partial charge is 0.377 e. The number of thioether (sulfide) groups is 1. The van der Waals surface area contributed by atoms with Crippen LogP contribution in [0.2, 0.25) is 0 Å². The molecule has 0 aromatic carbocycles. The SMILES string of the molecule is CCS(=O)(=O)C1CSCCN1Cc1nnsc1NC. The van der Waals surface area contributed by atoms with Gasteiger partial charge in [0, 0.05) is 48.9 Å². The fourth-order valence-corrected chi connectivity index (χ4v) is 5.62. The van der Waals surface area contributed by atoms with Gasteiger partial charge in [0.2, 0.25) is 0 Å². The van der Waals surface area contributed by atoms with Crippen molar-refractivity contribution in [3.8, 4) is 0 Å². The van der Waals surface area contributed by atoms with Gasteiger partial charge in [0.15, 0.2) is 9.84 Å². The number of sulfone groups is 1. The Hall–Kier alpha value is -0.380. The van der Waals surface area contributed by atoms with Crippen molar-refractivity contribution < 1.29 is 8.42 Å². The van der Waals surface area contributed by atoms with Crippen LogP contribution in [0.25, 0.3) is 0 Å². The molecule has 1 N–H and O–H groups in total. The zero-order valence-electron chi connectivity index (χ0n) is 11.0. The molecule has 1 aromatic rings. The third-order valence-electron chi connectivity index (χ3n) is 3.14. The summed E-state index contributed by atoms with van der Waals surface area (Å²) in [5, 5.41) is 7.64. The standard InChI is InChI=1S/C10H18N4O2S3/c1-3-19(15,16)9-7-17-5-4-14(9)6-8-10(11-2)18-13-12-8/h9,11H,3-7H2,1-2H3. The fourth-order valence-electron chi connectivity index (χ4n) is 2.01. The molecule has 1 unspecified atom stereocenters. The molecule has 2 heterocycles. The van der Waals surface area contributed by atoms with Gasteiger partial charge in [-0.3, -0.25) is 4.90 Å². The van der Waals surface area contributed by atoms with Crippen LogP contribution >= 0.6 is 23.3 Å². The van der Waals surface area contributed by atoms with Gasteiger partial charge < -0.3 is 5.32 Å². The normalized spacial score (nSPS) is 21.5. The Kier molecular flexibility index (Phi) is 5.04. The van der Waals surface area contributed by atoms with Crippen LogP contribution in [0.4, 0.5) is 5.00 Å². The summed E-state index contributed by atoms with van der Waals surface area (Å²) in [6, 6.07) is 0. The molecule has 1 aliphatic heterocycles. The average Bonchev–Trinajstić information content (AvgIpc) is 2.86. The molecule has 2 rings (SSSR count). The lowest BCUT2D eigenvalue weighted by atomic mass is 10.4. The Morgan fingerprint density at radius 1 is 1.53 bits per heavy atom. The van der Waals surface area contributed by atoms with Crippen molar-refractivity contribution in [3.63, 3.8) is 0 Å². The molecule has 1 aliphatic rings. The Labute approximate surface area is 122 Å². The van der Waals surface area contributed by atoms with Gasteiger partial charge in [0.1, 0.15) is 16.1 Å². The molecule has 0 amide bonds. The number of nitrogens with one attached hydrogen (secondary N) is 1. The summed E-state index contributed by atoms with van der Waals surface area (Å²) >= 11 is 3.00. The highest BCUT2D eigenvalue weighted by Gasteiger charge is 2.33. The molecule has 0 bridgehead atoms. The van der Waals surface area contributed by atoms with Gasteiger partial charge in [-0.2, -0.15) is 11.8 Å². The minimum atomic E-state index is -3.05. The summed E-state index contributed by atoms with van der Waals surface area (Å²) in [5.41, 5.74) is 0.829. The molecule has 1 aromatic heterocycles. The van der Waals surface area contributed by atoms with Crippen LogP contribution in [-0.4, -0.2) is 59.1 Å². The summed E-state index contributed by atoms with van der Waals surface area (Å²) < 4.78 is 28.2. The number of rotatable bonds is 5. The summed E-state index contributed by atoms with van der Waals surface area (Å²) in [6.07, 6.45) is 0. The molecule has 19 heavy (non-hydrogen) atoms. The zero-order chi connectivity index (χ0) is 13.9. The van der Waals surface area contributed by atoms with E-state index in [2.05, 4.69) is 14.9 Å². The molecule has 108 valence electrons. The smallest absolute Gasteiger partial charge is 0.166 e. The van der Waals surface area contributed by atoms with Crippen molar-refractivity contribution in [1.82, 2.24) is 14.5 Å². The van der Waals surface area contributed by atoms with E-state index in [1.54, 1.807) is 18.7 Å². The van der Waals surface area contributed by atoms with Crippen molar-refractivity contribution in [2.75, 3.05) is 36.2 Å². The molecule has 0 aliphatic carbocycles. The quantitative estimate of drug-likeness (QED) is 0.863. The van der Waals surface area contributed by atoms with Gasteiger partial charge in [0.05, 0.1) is 0 Å². The Bertz CT molecular complexity index is 517. The first-order valence-corrected chi connectivity index (χ1v) is 9.75. The van der Waals surface area contributed by atoms with Crippen LogP contribution in [-0.2, 0) is 16.4 Å². The zero-order valence-corrected chi connectivity index (χ0v) is 13.4. The van der Waals surface area contributed by atoms with E-state index < -0.39 is 15.2 Å². The molecule has 0 saturated carbocycles. The van der Waals surface area contributed by atoms with Gasteiger partial charge in [-0.1, -0.05) is 11.4 Å². The average molecular weight is 322 g/mol. The number of nitrogens with zero attached hydrogens (tertiary/aromatic N) is 3. The molecular weight excluding hydrogens is 304 g/mol. The second kappa shape index (κ2) is 6.38. The van der Waals surface area contributed by atoms with Crippen LogP contribution in [0, 0.1) is 0 Å². The van der Waals surface area contributed by atoms with Crippen molar-refractivity contribution in [2.45, 2.75) is 18.8 Å². The first-order chi connectivity index (χ1) is 9.08. The lowest BCUT2D eigenvalue weighted by molar-refractivity contribution is 0.259. The van der Waals surface area contributed by atoms with Crippen LogP contribution in [0.5, 0.6) is 0 Å². The van der Waals surface area contributed by atoms with Crippen LogP contribution in [0.15, 0.2) is 0 Å². The Balaban J connectivity index is 2.17. The maximum absolute atomic E-state index is 12.1. The highest BCUT2D eigenvalue weighted by molar-refractivity contribution is 8.01. The highest BCUT2D eigenvalue weighted by atomic mass is 32.2. The van der Waals surface area contributed by atoms with E-state index >= 15 is 0 Å². The van der Waals surface area contributed by atoms with E-state index in [1.165, 1.54) is 11.5 Å². The van der Waals surface area contributed by atoms with E-state index in [0.29, 0.717) is 12.3 Å². The third kappa shape index (κ3) is 3.39. The molecule has 6 nitrogen and oxygen atoms in total. The summed E-state index contributed by atoms with van der Waals surface area (Å²) in [7, 11) is -1.23. The van der Waals surface area contributed by atoms with E-state index in [1.807, 2.05) is 11.9 Å². The predicted octanol–water partition coefficient (Wildman–Crippen LogP) is 0.889. The topological polar surface area (TPSA) is 75.2 Å². The van der Waals surface area contributed by atoms with Gasteiger partial charge in [-0.15, -0.1) is 5.10 Å². The first kappa shape index (κ1) is 15.0. The van der Waals surface area contributed by atoms with Gasteiger partial charge in [-0.25, -0.2) is 8.42 Å². The molecule has 9 heteroatoms. The van der Waals surface area contributed by atoms with E-state index in [4.69, 9.17) is 0 Å². The van der Waals surface area contributed by atoms with Crippen molar-refractivity contribution in [1.29, 1.82) is 0 Å². The van der Waals surface area contributed by atoms with Crippen molar-refractivity contribution in [3.05, 3.63) is 5.69 Å². The van der Waals surface area contributed by atoms with Crippen LogP contribution < -0.4 is 5.32 Å². The summed E-state index contributed by atoms with van der Waals surface area (Å²) in [5.74, 6) is 1.79. The highest BCUT2D eigenvalue weighted by Crippen LogP contribution is 2.25. The van der Waals surface area contributed by atoms with Gasteiger partial charge in [0.25, 0.3) is 0 Å². The van der Waals surface area contributed by atoms with E-state index in [9.17, 15) is 8.42 Å². The molecule has 1 fully saturated rings. The maximum atomic E-state index is 12.1. The number of hydrogen-bond donors (Lipinski definition) is 1.